The fourth-order valence-corrected chi connectivity index (χ4v) is 2.99. The van der Waals surface area contributed by atoms with Crippen molar-refractivity contribution < 1.29 is 18.4 Å². The van der Waals surface area contributed by atoms with Gasteiger partial charge in [0.25, 0.3) is 15.7 Å². The molecule has 0 unspecified atom stereocenters. The van der Waals surface area contributed by atoms with E-state index in [-0.39, 0.29) is 16.3 Å². The molecule has 0 saturated carbocycles. The van der Waals surface area contributed by atoms with E-state index in [9.17, 15) is 23.6 Å². The molecule has 2 aromatic carbocycles. The summed E-state index contributed by atoms with van der Waals surface area (Å²) in [4.78, 5) is 11.9. The molecule has 2 N–H and O–H groups in total. The first-order valence-corrected chi connectivity index (χ1v) is 8.77. The number of aromatic hydroxyl groups is 1. The number of rotatable bonds is 5. The molecule has 2 aromatic rings. The maximum Gasteiger partial charge on any atom is 0.276 e. The maximum atomic E-state index is 12.1. The van der Waals surface area contributed by atoms with Crippen molar-refractivity contribution in [2.24, 2.45) is 5.10 Å². The summed E-state index contributed by atoms with van der Waals surface area (Å²) in [6, 6.07) is 8.13. The second-order valence-electron chi connectivity index (χ2n) is 4.76. The van der Waals surface area contributed by atoms with Gasteiger partial charge in [-0.25, -0.2) is 4.83 Å². The topological polar surface area (TPSA) is 122 Å². The van der Waals surface area contributed by atoms with E-state index in [0.717, 1.165) is 12.3 Å². The van der Waals surface area contributed by atoms with Crippen LogP contribution in [0.1, 0.15) is 11.1 Å². The van der Waals surface area contributed by atoms with Gasteiger partial charge in [0.2, 0.25) is 0 Å². The van der Waals surface area contributed by atoms with Crippen LogP contribution in [-0.4, -0.2) is 24.7 Å². The molecule has 0 aliphatic rings. The highest BCUT2D eigenvalue weighted by Crippen LogP contribution is 2.22. The van der Waals surface area contributed by atoms with Crippen molar-refractivity contribution in [3.05, 3.63) is 62.1 Å². The monoisotopic (exact) mass is 413 g/mol. The third-order valence-corrected chi connectivity index (χ3v) is 4.77. The van der Waals surface area contributed by atoms with Crippen LogP contribution in [0.15, 0.2) is 50.9 Å². The lowest BCUT2D eigenvalue weighted by Crippen LogP contribution is -2.18. The predicted octanol–water partition coefficient (Wildman–Crippen LogP) is 2.68. The number of aryl methyl sites for hydroxylation is 1. The van der Waals surface area contributed by atoms with Gasteiger partial charge in [0.15, 0.2) is 0 Å². The van der Waals surface area contributed by atoms with Crippen molar-refractivity contribution in [1.29, 1.82) is 0 Å². The first kappa shape index (κ1) is 17.9. The summed E-state index contributed by atoms with van der Waals surface area (Å²) in [6.45, 7) is 1.51. The molecule has 0 atom stereocenters. The van der Waals surface area contributed by atoms with Gasteiger partial charge in [-0.05, 0) is 31.2 Å². The lowest BCUT2D eigenvalue weighted by molar-refractivity contribution is -0.385. The Labute approximate surface area is 146 Å². The van der Waals surface area contributed by atoms with Gasteiger partial charge < -0.3 is 5.11 Å². The van der Waals surface area contributed by atoms with Crippen LogP contribution >= 0.6 is 15.9 Å². The number of nitrogens with one attached hydrogen (secondary N) is 1. The summed E-state index contributed by atoms with van der Waals surface area (Å²) >= 11 is 3.22. The SMILES string of the molecule is Cc1ccc(S(=O)(=O)N/N=C\c2cc(Br)ccc2O)cc1[N+](=O)[O-]. The number of nitro benzene ring substituents is 1. The Morgan fingerprint density at radius 2 is 2.00 bits per heavy atom. The minimum atomic E-state index is -4.07. The molecule has 0 aromatic heterocycles. The Morgan fingerprint density at radius 1 is 1.29 bits per heavy atom. The number of benzene rings is 2. The highest BCUT2D eigenvalue weighted by Gasteiger charge is 2.19. The highest BCUT2D eigenvalue weighted by molar-refractivity contribution is 9.10. The number of nitro groups is 1. The average Bonchev–Trinajstić information content (AvgIpc) is 2.50. The maximum absolute atomic E-state index is 12.1. The smallest absolute Gasteiger partial charge is 0.276 e. The number of hydrazone groups is 1. The van der Waals surface area contributed by atoms with Crippen molar-refractivity contribution in [1.82, 2.24) is 4.83 Å². The lowest BCUT2D eigenvalue weighted by Gasteiger charge is -2.05. The first-order chi connectivity index (χ1) is 11.2. The third kappa shape index (κ3) is 4.09. The predicted molar refractivity (Wildman–Crippen MR) is 91.6 cm³/mol. The van der Waals surface area contributed by atoms with Gasteiger partial charge in [-0.15, -0.1) is 0 Å². The molecule has 10 heteroatoms. The third-order valence-electron chi connectivity index (χ3n) is 3.05. The molecule has 0 bridgehead atoms. The molecule has 0 aliphatic carbocycles. The Balaban J connectivity index is 2.26. The highest BCUT2D eigenvalue weighted by atomic mass is 79.9. The Kier molecular flexibility index (Phi) is 5.20. The number of hydrogen-bond donors (Lipinski definition) is 2. The first-order valence-electron chi connectivity index (χ1n) is 6.49. The van der Waals surface area contributed by atoms with E-state index >= 15 is 0 Å². The quantitative estimate of drug-likeness (QED) is 0.443. The molecule has 0 fully saturated rings. The van der Waals surface area contributed by atoms with Crippen LogP contribution in [0.3, 0.4) is 0 Å². The number of hydrogen-bond acceptors (Lipinski definition) is 6. The van der Waals surface area contributed by atoms with Crippen molar-refractivity contribution in [3.63, 3.8) is 0 Å². The molecule has 0 heterocycles. The van der Waals surface area contributed by atoms with E-state index in [1.54, 1.807) is 12.1 Å². The van der Waals surface area contributed by atoms with Crippen LogP contribution in [0.2, 0.25) is 0 Å². The molecule has 0 aliphatic heterocycles. The van der Waals surface area contributed by atoms with Gasteiger partial charge >= 0.3 is 0 Å². The second kappa shape index (κ2) is 6.97. The van der Waals surface area contributed by atoms with Gasteiger partial charge in [-0.2, -0.15) is 13.5 Å². The summed E-state index contributed by atoms with van der Waals surface area (Å²) in [7, 11) is -4.07. The molecule has 8 nitrogen and oxygen atoms in total. The largest absolute Gasteiger partial charge is 0.507 e. The van der Waals surface area contributed by atoms with Crippen LogP contribution < -0.4 is 4.83 Å². The minimum absolute atomic E-state index is 0.0767. The van der Waals surface area contributed by atoms with Gasteiger partial charge in [0.1, 0.15) is 5.75 Å². The summed E-state index contributed by atoms with van der Waals surface area (Å²) in [5.74, 6) is -0.0767. The number of halogens is 1. The van der Waals surface area contributed by atoms with Gasteiger partial charge in [0, 0.05) is 21.7 Å². The number of sulfonamides is 1. The molecule has 0 spiro atoms. The normalized spacial score (nSPS) is 11.6. The zero-order valence-corrected chi connectivity index (χ0v) is 14.7. The van der Waals surface area contributed by atoms with Crippen molar-refractivity contribution >= 4 is 37.9 Å². The summed E-state index contributed by atoms with van der Waals surface area (Å²) < 4.78 is 25.0. The van der Waals surface area contributed by atoms with E-state index in [0.29, 0.717) is 15.6 Å². The van der Waals surface area contributed by atoms with Crippen LogP contribution in [0.25, 0.3) is 0 Å². The van der Waals surface area contributed by atoms with E-state index in [4.69, 9.17) is 0 Å². The average molecular weight is 414 g/mol. The van der Waals surface area contributed by atoms with Crippen LogP contribution in [-0.2, 0) is 10.0 Å². The molecular weight excluding hydrogens is 402 g/mol. The van der Waals surface area contributed by atoms with Gasteiger partial charge in [-0.1, -0.05) is 22.0 Å². The Bertz CT molecular complexity index is 928. The zero-order valence-electron chi connectivity index (χ0n) is 12.3. The zero-order chi connectivity index (χ0) is 17.9. The van der Waals surface area contributed by atoms with Crippen LogP contribution in [0.4, 0.5) is 5.69 Å². The van der Waals surface area contributed by atoms with E-state index in [1.165, 1.54) is 25.1 Å². The molecule has 126 valence electrons. The number of nitrogens with zero attached hydrogens (tertiary/aromatic N) is 2. The fraction of sp³-hybridized carbons (Fsp3) is 0.0714. The Morgan fingerprint density at radius 3 is 2.67 bits per heavy atom. The van der Waals surface area contributed by atoms with Crippen molar-refractivity contribution in [2.45, 2.75) is 11.8 Å². The number of phenols is 1. The fourth-order valence-electron chi connectivity index (χ4n) is 1.80. The molecule has 0 amide bonds. The standard InChI is InChI=1S/C14H12BrN3O5S/c1-9-2-4-12(7-13(9)18(20)21)24(22,23)17-16-8-10-6-11(15)3-5-14(10)19/h2-8,17,19H,1H3/b16-8-. The van der Waals surface area contributed by atoms with Crippen molar-refractivity contribution in [2.75, 3.05) is 0 Å². The van der Waals surface area contributed by atoms with Crippen LogP contribution in [0, 0.1) is 17.0 Å². The van der Waals surface area contributed by atoms with Gasteiger partial charge in [-0.3, -0.25) is 10.1 Å². The van der Waals surface area contributed by atoms with Gasteiger partial charge in [0.05, 0.1) is 16.0 Å². The minimum Gasteiger partial charge on any atom is -0.507 e. The van der Waals surface area contributed by atoms with E-state index in [2.05, 4.69) is 21.0 Å². The van der Waals surface area contributed by atoms with Crippen LogP contribution in [0.5, 0.6) is 5.75 Å². The summed E-state index contributed by atoms with van der Waals surface area (Å²) in [5.41, 5.74) is 0.343. The molecule has 0 saturated heterocycles. The van der Waals surface area contributed by atoms with Crippen molar-refractivity contribution in [3.8, 4) is 5.75 Å². The molecule has 0 radical (unpaired) electrons. The molecular formula is C14H12BrN3O5S. The summed E-state index contributed by atoms with van der Waals surface area (Å²) in [6.07, 6.45) is 1.13. The van der Waals surface area contributed by atoms with E-state index < -0.39 is 14.9 Å². The lowest BCUT2D eigenvalue weighted by atomic mass is 10.2. The molecule has 24 heavy (non-hydrogen) atoms. The number of phenolic OH excluding ortho intramolecular Hbond substituents is 1. The Hall–Kier alpha value is -2.46. The molecule has 2 rings (SSSR count). The van der Waals surface area contributed by atoms with E-state index in [1.807, 2.05) is 4.83 Å². The summed E-state index contributed by atoms with van der Waals surface area (Å²) in [5, 5.41) is 24.1. The second-order valence-corrected chi connectivity index (χ2v) is 7.34.